The zero-order chi connectivity index (χ0) is 19.7. The number of hydrogen-bond acceptors (Lipinski definition) is 5. The Labute approximate surface area is 165 Å². The number of benzene rings is 2. The molecule has 2 aromatic carbocycles. The van der Waals surface area contributed by atoms with Crippen molar-refractivity contribution in [2.24, 2.45) is 0 Å². The molecule has 1 saturated heterocycles. The second kappa shape index (κ2) is 7.44. The Hall–Kier alpha value is -2.80. The summed E-state index contributed by atoms with van der Waals surface area (Å²) in [6.45, 7) is 0. The molecule has 27 heavy (non-hydrogen) atoms. The molecule has 1 amide bonds. The quantitative estimate of drug-likeness (QED) is 0.455. The first kappa shape index (κ1) is 19.0. The van der Waals surface area contributed by atoms with Crippen LogP contribution in [0.25, 0.3) is 5.76 Å². The number of amides is 1. The SMILES string of the molecule is COc1ccc(C2/C(=C(/O)c3ccc(Br)cc3)C(=O)C(=O)N2C)cc1OC. The molecule has 0 aromatic heterocycles. The Bertz CT molecular complexity index is 936. The van der Waals surface area contributed by atoms with Gasteiger partial charge in [0.2, 0.25) is 0 Å². The number of carbonyl (C=O) groups excluding carboxylic acids is 2. The number of aliphatic hydroxyl groups excluding tert-OH is 1. The number of Topliss-reactive ketones (excluding diaryl/α,β-unsaturated/α-hetero) is 1. The molecule has 7 heteroatoms. The number of hydrogen-bond donors (Lipinski definition) is 1. The van der Waals surface area contributed by atoms with Crippen LogP contribution in [-0.4, -0.2) is 43.0 Å². The minimum atomic E-state index is -0.728. The molecule has 0 radical (unpaired) electrons. The number of carbonyl (C=O) groups is 2. The molecule has 3 rings (SSSR count). The fraction of sp³-hybridized carbons (Fsp3) is 0.200. The number of likely N-dealkylation sites (tertiary alicyclic amines) is 1. The number of halogens is 1. The molecule has 1 heterocycles. The number of aliphatic hydroxyl groups is 1. The Balaban J connectivity index is 2.17. The second-order valence-corrected chi connectivity index (χ2v) is 6.95. The lowest BCUT2D eigenvalue weighted by Crippen LogP contribution is -2.24. The van der Waals surface area contributed by atoms with Crippen molar-refractivity contribution in [3.63, 3.8) is 0 Å². The van der Waals surface area contributed by atoms with E-state index in [1.54, 1.807) is 42.5 Å². The third-order valence-electron chi connectivity index (χ3n) is 4.52. The molecule has 140 valence electrons. The van der Waals surface area contributed by atoms with Crippen molar-refractivity contribution in [3.8, 4) is 11.5 Å². The highest BCUT2D eigenvalue weighted by Gasteiger charge is 2.44. The van der Waals surface area contributed by atoms with Crippen molar-refractivity contribution in [2.75, 3.05) is 21.3 Å². The van der Waals surface area contributed by atoms with Crippen molar-refractivity contribution in [2.45, 2.75) is 6.04 Å². The lowest BCUT2D eigenvalue weighted by molar-refractivity contribution is -0.139. The van der Waals surface area contributed by atoms with Crippen LogP contribution in [0.3, 0.4) is 0 Å². The highest BCUT2D eigenvalue weighted by molar-refractivity contribution is 9.10. The fourth-order valence-corrected chi connectivity index (χ4v) is 3.39. The van der Waals surface area contributed by atoms with Crippen LogP contribution >= 0.6 is 15.9 Å². The predicted molar refractivity (Wildman–Crippen MR) is 104 cm³/mol. The molecule has 1 atom stereocenters. The summed E-state index contributed by atoms with van der Waals surface area (Å²) in [6, 6.07) is 11.3. The first-order valence-electron chi connectivity index (χ1n) is 8.11. The maximum absolute atomic E-state index is 12.6. The highest BCUT2D eigenvalue weighted by Crippen LogP contribution is 2.41. The van der Waals surface area contributed by atoms with Gasteiger partial charge in [0.05, 0.1) is 25.8 Å². The Morgan fingerprint density at radius 1 is 1.04 bits per heavy atom. The third kappa shape index (κ3) is 3.30. The fourth-order valence-electron chi connectivity index (χ4n) is 3.12. The molecule has 0 aliphatic carbocycles. The van der Waals surface area contributed by atoms with E-state index < -0.39 is 17.7 Å². The van der Waals surface area contributed by atoms with Crippen LogP contribution < -0.4 is 9.47 Å². The molecule has 0 saturated carbocycles. The minimum absolute atomic E-state index is 0.0389. The van der Waals surface area contributed by atoms with Gasteiger partial charge in [0, 0.05) is 17.1 Å². The molecule has 1 aliphatic rings. The van der Waals surface area contributed by atoms with Gasteiger partial charge in [-0.1, -0.05) is 34.1 Å². The van der Waals surface area contributed by atoms with Gasteiger partial charge < -0.3 is 19.5 Å². The summed E-state index contributed by atoms with van der Waals surface area (Å²) in [4.78, 5) is 26.2. The smallest absolute Gasteiger partial charge is 0.295 e. The predicted octanol–water partition coefficient (Wildman–Crippen LogP) is 3.52. The largest absolute Gasteiger partial charge is 0.507 e. The van der Waals surface area contributed by atoms with Crippen LogP contribution in [0.1, 0.15) is 17.2 Å². The lowest BCUT2D eigenvalue weighted by Gasteiger charge is -2.22. The molecule has 2 aromatic rings. The third-order valence-corrected chi connectivity index (χ3v) is 5.04. The molecule has 1 fully saturated rings. The van der Waals surface area contributed by atoms with Gasteiger partial charge in [-0.05, 0) is 29.8 Å². The second-order valence-electron chi connectivity index (χ2n) is 6.03. The zero-order valence-corrected chi connectivity index (χ0v) is 16.6. The molecule has 1 aliphatic heterocycles. The van der Waals surface area contributed by atoms with E-state index in [-0.39, 0.29) is 11.3 Å². The van der Waals surface area contributed by atoms with Crippen LogP contribution in [0.2, 0.25) is 0 Å². The Morgan fingerprint density at radius 3 is 2.26 bits per heavy atom. The summed E-state index contributed by atoms with van der Waals surface area (Å²) >= 11 is 3.33. The van der Waals surface area contributed by atoms with E-state index in [1.165, 1.54) is 26.2 Å². The van der Waals surface area contributed by atoms with Crippen molar-refractivity contribution < 1.29 is 24.2 Å². The molecular weight excluding hydrogens is 414 g/mol. The summed E-state index contributed by atoms with van der Waals surface area (Å²) in [5.74, 6) is -0.615. The van der Waals surface area contributed by atoms with Crippen molar-refractivity contribution in [3.05, 3.63) is 63.6 Å². The average Bonchev–Trinajstić information content (AvgIpc) is 2.91. The normalized spacial score (nSPS) is 18.7. The maximum Gasteiger partial charge on any atom is 0.295 e. The molecule has 6 nitrogen and oxygen atoms in total. The van der Waals surface area contributed by atoms with Gasteiger partial charge >= 0.3 is 0 Å². The van der Waals surface area contributed by atoms with E-state index in [0.29, 0.717) is 22.6 Å². The maximum atomic E-state index is 12.6. The van der Waals surface area contributed by atoms with Crippen molar-refractivity contribution in [1.82, 2.24) is 4.90 Å². The van der Waals surface area contributed by atoms with E-state index in [9.17, 15) is 14.7 Å². The molecule has 0 spiro atoms. The van der Waals surface area contributed by atoms with E-state index in [1.807, 2.05) is 0 Å². The monoisotopic (exact) mass is 431 g/mol. The molecule has 1 unspecified atom stereocenters. The zero-order valence-electron chi connectivity index (χ0n) is 15.0. The highest BCUT2D eigenvalue weighted by atomic mass is 79.9. The number of ketones is 1. The Morgan fingerprint density at radius 2 is 1.67 bits per heavy atom. The van der Waals surface area contributed by atoms with Gasteiger partial charge in [-0.2, -0.15) is 0 Å². The lowest BCUT2D eigenvalue weighted by atomic mass is 9.95. The molecule has 0 bridgehead atoms. The number of nitrogens with zero attached hydrogens (tertiary/aromatic N) is 1. The summed E-state index contributed by atoms with van der Waals surface area (Å²) < 4.78 is 11.4. The average molecular weight is 432 g/mol. The van der Waals surface area contributed by atoms with E-state index in [2.05, 4.69) is 15.9 Å². The van der Waals surface area contributed by atoms with Gasteiger partial charge in [-0.3, -0.25) is 9.59 Å². The van der Waals surface area contributed by atoms with E-state index >= 15 is 0 Å². The van der Waals surface area contributed by atoms with Gasteiger partial charge in [0.1, 0.15) is 5.76 Å². The summed E-state index contributed by atoms with van der Waals surface area (Å²) in [5, 5.41) is 10.8. The van der Waals surface area contributed by atoms with Crippen LogP contribution in [0.4, 0.5) is 0 Å². The van der Waals surface area contributed by atoms with E-state index in [4.69, 9.17) is 9.47 Å². The van der Waals surface area contributed by atoms with Crippen molar-refractivity contribution >= 4 is 33.4 Å². The van der Waals surface area contributed by atoms with Gasteiger partial charge in [-0.15, -0.1) is 0 Å². The van der Waals surface area contributed by atoms with Crippen molar-refractivity contribution in [1.29, 1.82) is 0 Å². The number of methoxy groups -OCH3 is 2. The van der Waals surface area contributed by atoms with Crippen LogP contribution in [-0.2, 0) is 9.59 Å². The minimum Gasteiger partial charge on any atom is -0.507 e. The standard InChI is InChI=1S/C20H18BrNO5/c1-22-17(12-6-9-14(26-2)15(10-12)27-3)16(19(24)20(22)25)18(23)11-4-7-13(21)8-5-11/h4-10,17,23H,1-3H3/b18-16-. The first-order chi connectivity index (χ1) is 12.9. The summed E-state index contributed by atoms with van der Waals surface area (Å²) in [5.41, 5.74) is 1.13. The van der Waals surface area contributed by atoms with Crippen LogP contribution in [0.15, 0.2) is 52.5 Å². The topological polar surface area (TPSA) is 76.1 Å². The van der Waals surface area contributed by atoms with Crippen LogP contribution in [0, 0.1) is 0 Å². The van der Waals surface area contributed by atoms with Gasteiger partial charge in [0.25, 0.3) is 11.7 Å². The van der Waals surface area contributed by atoms with Gasteiger partial charge in [-0.25, -0.2) is 0 Å². The summed E-state index contributed by atoms with van der Waals surface area (Å²) in [6.07, 6.45) is 0. The van der Waals surface area contributed by atoms with Gasteiger partial charge in [0.15, 0.2) is 11.5 Å². The Kier molecular flexibility index (Phi) is 5.23. The number of rotatable bonds is 4. The number of ether oxygens (including phenoxy) is 2. The van der Waals surface area contributed by atoms with E-state index in [0.717, 1.165) is 4.47 Å². The number of likely N-dealkylation sites (N-methyl/N-ethyl adjacent to an activating group) is 1. The first-order valence-corrected chi connectivity index (χ1v) is 8.90. The summed E-state index contributed by atoms with van der Waals surface area (Å²) in [7, 11) is 4.56. The van der Waals surface area contributed by atoms with Crippen LogP contribution in [0.5, 0.6) is 11.5 Å². The molecule has 1 N–H and O–H groups in total. The molecular formula is C20H18BrNO5.